The summed E-state index contributed by atoms with van der Waals surface area (Å²) in [5.74, 6) is 0.772. The van der Waals surface area contributed by atoms with Gasteiger partial charge in [-0.3, -0.25) is 4.79 Å². The second-order valence-corrected chi connectivity index (χ2v) is 6.22. The van der Waals surface area contributed by atoms with Gasteiger partial charge in [-0.15, -0.1) is 10.2 Å². The van der Waals surface area contributed by atoms with Gasteiger partial charge in [0.05, 0.1) is 13.3 Å². The molecule has 136 valence electrons. The first-order valence-electron chi connectivity index (χ1n) is 8.16. The van der Waals surface area contributed by atoms with E-state index in [9.17, 15) is 4.79 Å². The number of rotatable bonds is 6. The van der Waals surface area contributed by atoms with Crippen molar-refractivity contribution in [2.75, 3.05) is 13.4 Å². The molecule has 6 nitrogen and oxygen atoms in total. The molecule has 7 heteroatoms. The molecule has 0 aliphatic rings. The van der Waals surface area contributed by atoms with Gasteiger partial charge in [0.1, 0.15) is 5.75 Å². The van der Waals surface area contributed by atoms with Crippen LogP contribution in [0.1, 0.15) is 16.8 Å². The lowest BCUT2D eigenvalue weighted by Crippen LogP contribution is -2.23. The summed E-state index contributed by atoms with van der Waals surface area (Å²) in [5.41, 5.74) is 1.70. The van der Waals surface area contributed by atoms with E-state index in [1.165, 1.54) is 16.4 Å². The van der Waals surface area contributed by atoms with Crippen molar-refractivity contribution in [2.24, 2.45) is 5.10 Å². The zero-order chi connectivity index (χ0) is 19.1. The van der Waals surface area contributed by atoms with Crippen LogP contribution in [0.3, 0.4) is 0 Å². The smallest absolute Gasteiger partial charge is 0.301 e. The van der Waals surface area contributed by atoms with Gasteiger partial charge >= 0.3 is 5.56 Å². The number of nitrogens with zero attached hydrogens (tertiary/aromatic N) is 4. The molecule has 27 heavy (non-hydrogen) atoms. The summed E-state index contributed by atoms with van der Waals surface area (Å²) in [6.45, 7) is 0. The fourth-order valence-electron chi connectivity index (χ4n) is 2.26. The maximum absolute atomic E-state index is 12.8. The fourth-order valence-corrected chi connectivity index (χ4v) is 2.69. The summed E-state index contributed by atoms with van der Waals surface area (Å²) in [7, 11) is 1.62. The van der Waals surface area contributed by atoms with Gasteiger partial charge in [0.25, 0.3) is 0 Å². The third-order valence-electron chi connectivity index (χ3n) is 3.69. The Balaban J connectivity index is 1.91. The van der Waals surface area contributed by atoms with E-state index in [4.69, 9.17) is 4.74 Å². The van der Waals surface area contributed by atoms with Crippen LogP contribution >= 0.6 is 11.8 Å². The maximum atomic E-state index is 12.8. The lowest BCUT2D eigenvalue weighted by atomic mass is 10.2. The van der Waals surface area contributed by atoms with Crippen LogP contribution in [0.2, 0.25) is 0 Å². The molecule has 3 rings (SSSR count). The van der Waals surface area contributed by atoms with Gasteiger partial charge in [0.15, 0.2) is 5.69 Å². The molecule has 2 aromatic carbocycles. The molecule has 0 radical (unpaired) electrons. The van der Waals surface area contributed by atoms with Gasteiger partial charge in [0, 0.05) is 0 Å². The van der Waals surface area contributed by atoms with Gasteiger partial charge in [-0.1, -0.05) is 60.3 Å². The van der Waals surface area contributed by atoms with Crippen LogP contribution < -0.4 is 10.3 Å². The Labute approximate surface area is 161 Å². The van der Waals surface area contributed by atoms with Gasteiger partial charge in [0.2, 0.25) is 5.16 Å². The van der Waals surface area contributed by atoms with E-state index in [-0.39, 0.29) is 11.3 Å². The van der Waals surface area contributed by atoms with Crippen molar-refractivity contribution >= 4 is 30.1 Å². The van der Waals surface area contributed by atoms with Gasteiger partial charge in [-0.05, 0) is 35.6 Å². The lowest BCUT2D eigenvalue weighted by molar-refractivity contribution is 0.415. The number of methoxy groups -OCH3 is 1. The van der Waals surface area contributed by atoms with Crippen molar-refractivity contribution in [2.45, 2.75) is 5.16 Å². The number of thioether (sulfide) groups is 1. The van der Waals surface area contributed by atoms with E-state index < -0.39 is 0 Å². The molecule has 1 heterocycles. The largest absolute Gasteiger partial charge is 0.497 e. The summed E-state index contributed by atoms with van der Waals surface area (Å²) in [6, 6.07) is 17.1. The molecule has 0 atom stereocenters. The van der Waals surface area contributed by atoms with E-state index in [1.807, 2.05) is 60.9 Å². The van der Waals surface area contributed by atoms with E-state index in [1.54, 1.807) is 25.5 Å². The molecule has 0 fully saturated rings. The first kappa shape index (κ1) is 18.6. The first-order chi connectivity index (χ1) is 13.2. The predicted molar refractivity (Wildman–Crippen MR) is 109 cm³/mol. The van der Waals surface area contributed by atoms with Crippen LogP contribution in [-0.2, 0) is 0 Å². The molecular weight excluding hydrogens is 360 g/mol. The number of ether oxygens (including phenoxy) is 1. The van der Waals surface area contributed by atoms with E-state index in [2.05, 4.69) is 15.3 Å². The number of benzene rings is 2. The second-order valence-electron chi connectivity index (χ2n) is 5.45. The minimum absolute atomic E-state index is 0.217. The van der Waals surface area contributed by atoms with Crippen LogP contribution in [0.15, 0.2) is 69.6 Å². The Bertz CT molecular complexity index is 1010. The summed E-state index contributed by atoms with van der Waals surface area (Å²) in [6.07, 6.45) is 6.88. The summed E-state index contributed by atoms with van der Waals surface area (Å²) >= 11 is 1.31. The Kier molecular flexibility index (Phi) is 6.17. The lowest BCUT2D eigenvalue weighted by Gasteiger charge is -2.04. The maximum Gasteiger partial charge on any atom is 0.301 e. The summed E-state index contributed by atoms with van der Waals surface area (Å²) in [5, 5.41) is 12.8. The number of aromatic nitrogens is 3. The molecule has 0 N–H and O–H groups in total. The minimum atomic E-state index is -0.328. The molecular formula is C20H18N4O2S. The Hall–Kier alpha value is -3.19. The van der Waals surface area contributed by atoms with Crippen LogP contribution in [0, 0.1) is 0 Å². The van der Waals surface area contributed by atoms with E-state index >= 15 is 0 Å². The van der Waals surface area contributed by atoms with Gasteiger partial charge in [-0.25, -0.2) is 0 Å². The second kappa shape index (κ2) is 8.95. The number of hydrogen-bond acceptors (Lipinski definition) is 6. The Morgan fingerprint density at radius 3 is 2.41 bits per heavy atom. The Morgan fingerprint density at radius 2 is 1.74 bits per heavy atom. The molecule has 0 bridgehead atoms. The average Bonchev–Trinajstić information content (AvgIpc) is 2.73. The average molecular weight is 378 g/mol. The van der Waals surface area contributed by atoms with Crippen molar-refractivity contribution < 1.29 is 4.74 Å². The standard InChI is InChI=1S/C20H18N4O2S/c1-26-17-11-8-15(9-12-17)10-13-18-19(25)24(20(27-2)23-22-18)21-14-16-6-4-3-5-7-16/h3-14H,1-2H3/b13-10+,21-14+. The van der Waals surface area contributed by atoms with Crippen molar-refractivity contribution in [1.29, 1.82) is 0 Å². The molecule has 0 spiro atoms. The summed E-state index contributed by atoms with van der Waals surface area (Å²) < 4.78 is 6.40. The minimum Gasteiger partial charge on any atom is -0.497 e. The Morgan fingerprint density at radius 1 is 1.00 bits per heavy atom. The topological polar surface area (TPSA) is 69.4 Å². The third kappa shape index (κ3) is 4.71. The SMILES string of the molecule is COc1ccc(/C=C/c2nnc(SC)n(/N=C/c3ccccc3)c2=O)cc1. The molecule has 0 aliphatic heterocycles. The molecule has 0 aliphatic carbocycles. The highest BCUT2D eigenvalue weighted by Gasteiger charge is 2.09. The monoisotopic (exact) mass is 378 g/mol. The molecule has 0 saturated carbocycles. The quantitative estimate of drug-likeness (QED) is 0.486. The first-order valence-corrected chi connectivity index (χ1v) is 9.39. The normalized spacial score (nSPS) is 11.3. The fraction of sp³-hybridized carbons (Fsp3) is 0.100. The number of hydrogen-bond donors (Lipinski definition) is 0. The van der Waals surface area contributed by atoms with Crippen LogP contribution in [0.4, 0.5) is 0 Å². The van der Waals surface area contributed by atoms with E-state index in [0.29, 0.717) is 5.16 Å². The van der Waals surface area contributed by atoms with Crippen molar-refractivity contribution in [3.63, 3.8) is 0 Å². The molecule has 0 saturated heterocycles. The molecule has 0 amide bonds. The van der Waals surface area contributed by atoms with Crippen molar-refractivity contribution in [1.82, 2.24) is 14.9 Å². The van der Waals surface area contributed by atoms with Gasteiger partial charge < -0.3 is 4.74 Å². The molecule has 0 unspecified atom stereocenters. The highest BCUT2D eigenvalue weighted by atomic mass is 32.2. The zero-order valence-electron chi connectivity index (χ0n) is 14.9. The highest BCUT2D eigenvalue weighted by molar-refractivity contribution is 7.98. The zero-order valence-corrected chi connectivity index (χ0v) is 15.8. The molecule has 1 aromatic heterocycles. The third-order valence-corrected chi connectivity index (χ3v) is 4.31. The van der Waals surface area contributed by atoms with Crippen LogP contribution in [-0.4, -0.2) is 34.5 Å². The van der Waals surface area contributed by atoms with E-state index in [0.717, 1.165) is 16.9 Å². The molecule has 3 aromatic rings. The predicted octanol–water partition coefficient (Wildman–Crippen LogP) is 3.42. The highest BCUT2D eigenvalue weighted by Crippen LogP contribution is 2.13. The van der Waals surface area contributed by atoms with Crippen molar-refractivity contribution in [3.8, 4) is 5.75 Å². The van der Waals surface area contributed by atoms with Crippen LogP contribution in [0.25, 0.3) is 12.2 Å². The van der Waals surface area contributed by atoms with Gasteiger partial charge in [-0.2, -0.15) is 9.78 Å². The van der Waals surface area contributed by atoms with Crippen LogP contribution in [0.5, 0.6) is 5.75 Å². The summed E-state index contributed by atoms with van der Waals surface area (Å²) in [4.78, 5) is 12.8. The van der Waals surface area contributed by atoms with Crippen molar-refractivity contribution in [3.05, 3.63) is 81.8 Å².